The Morgan fingerprint density at radius 1 is 1.14 bits per heavy atom. The summed E-state index contributed by atoms with van der Waals surface area (Å²) in [6.07, 6.45) is 4.95. The van der Waals surface area contributed by atoms with Gasteiger partial charge in [-0.15, -0.1) is 0 Å². The summed E-state index contributed by atoms with van der Waals surface area (Å²) in [4.78, 5) is 0. The zero-order chi connectivity index (χ0) is 9.76. The van der Waals surface area contributed by atoms with E-state index in [4.69, 9.17) is 4.74 Å². The molecule has 0 aromatic heterocycles. The fraction of sp³-hybridized carbons (Fsp3) is 1.00. The Morgan fingerprint density at radius 2 is 1.86 bits per heavy atom. The van der Waals surface area contributed by atoms with Crippen molar-refractivity contribution in [3.8, 4) is 0 Å². The minimum atomic E-state index is -0.276. The van der Waals surface area contributed by atoms with E-state index in [-0.39, 0.29) is 5.60 Å². The van der Waals surface area contributed by atoms with Gasteiger partial charge in [-0.05, 0) is 42.9 Å². The number of hydrogen-bond donors (Lipinski definition) is 1. The fourth-order valence-electron chi connectivity index (χ4n) is 4.09. The largest absolute Gasteiger partial charge is 0.389 e. The van der Waals surface area contributed by atoms with E-state index in [9.17, 15) is 5.11 Å². The van der Waals surface area contributed by atoms with E-state index in [0.717, 1.165) is 19.6 Å². The third-order valence-corrected chi connectivity index (χ3v) is 4.83. The van der Waals surface area contributed by atoms with Crippen molar-refractivity contribution in [3.05, 3.63) is 0 Å². The van der Waals surface area contributed by atoms with E-state index < -0.39 is 0 Å². The van der Waals surface area contributed by atoms with E-state index in [1.54, 1.807) is 0 Å². The summed E-state index contributed by atoms with van der Waals surface area (Å²) in [7, 11) is 0. The Bertz CT molecular complexity index is 228. The van der Waals surface area contributed by atoms with Crippen molar-refractivity contribution in [2.75, 3.05) is 13.2 Å². The van der Waals surface area contributed by atoms with Crippen LogP contribution in [0.25, 0.3) is 0 Å². The SMILES string of the molecule is CC1COCCC1C1(O)C2CCCC21. The molecule has 0 radical (unpaired) electrons. The molecular weight excluding hydrogens is 176 g/mol. The summed E-state index contributed by atoms with van der Waals surface area (Å²) in [5.74, 6) is 2.37. The molecule has 0 amide bonds. The molecule has 0 aromatic rings. The number of hydrogen-bond acceptors (Lipinski definition) is 2. The monoisotopic (exact) mass is 196 g/mol. The Kier molecular flexibility index (Phi) is 1.94. The van der Waals surface area contributed by atoms with E-state index in [1.165, 1.54) is 19.3 Å². The van der Waals surface area contributed by atoms with Crippen LogP contribution in [0.5, 0.6) is 0 Å². The van der Waals surface area contributed by atoms with E-state index in [2.05, 4.69) is 6.92 Å². The molecule has 2 heteroatoms. The van der Waals surface area contributed by atoms with Gasteiger partial charge in [-0.25, -0.2) is 0 Å². The first-order valence-electron chi connectivity index (χ1n) is 6.04. The Labute approximate surface area is 85.6 Å². The zero-order valence-corrected chi connectivity index (χ0v) is 8.91. The molecule has 80 valence electrons. The maximum Gasteiger partial charge on any atom is 0.0743 e. The van der Waals surface area contributed by atoms with Gasteiger partial charge < -0.3 is 9.84 Å². The molecule has 14 heavy (non-hydrogen) atoms. The predicted octanol–water partition coefficient (Wildman–Crippen LogP) is 1.82. The summed E-state index contributed by atoms with van der Waals surface area (Å²) in [5.41, 5.74) is -0.276. The van der Waals surface area contributed by atoms with Gasteiger partial charge in [-0.2, -0.15) is 0 Å². The summed E-state index contributed by atoms with van der Waals surface area (Å²) in [5, 5.41) is 10.6. The Balaban J connectivity index is 1.75. The maximum absolute atomic E-state index is 10.6. The van der Waals surface area contributed by atoms with Gasteiger partial charge >= 0.3 is 0 Å². The molecule has 2 nitrogen and oxygen atoms in total. The zero-order valence-electron chi connectivity index (χ0n) is 8.91. The third kappa shape index (κ3) is 1.04. The van der Waals surface area contributed by atoms with Crippen molar-refractivity contribution in [2.24, 2.45) is 23.7 Å². The predicted molar refractivity (Wildman–Crippen MR) is 53.9 cm³/mol. The highest BCUT2D eigenvalue weighted by molar-refractivity contribution is 5.18. The second-order valence-corrected chi connectivity index (χ2v) is 5.48. The average molecular weight is 196 g/mol. The lowest BCUT2D eigenvalue weighted by Gasteiger charge is -2.35. The summed E-state index contributed by atoms with van der Waals surface area (Å²) in [6.45, 7) is 3.94. The van der Waals surface area contributed by atoms with Gasteiger partial charge in [0.15, 0.2) is 0 Å². The lowest BCUT2D eigenvalue weighted by atomic mass is 9.80. The summed E-state index contributed by atoms with van der Waals surface area (Å²) >= 11 is 0. The van der Waals surface area contributed by atoms with Gasteiger partial charge in [0.25, 0.3) is 0 Å². The molecule has 3 rings (SSSR count). The van der Waals surface area contributed by atoms with E-state index in [1.807, 2.05) is 0 Å². The molecule has 0 aromatic carbocycles. The Morgan fingerprint density at radius 3 is 2.50 bits per heavy atom. The molecule has 4 atom stereocenters. The number of rotatable bonds is 1. The van der Waals surface area contributed by atoms with E-state index >= 15 is 0 Å². The van der Waals surface area contributed by atoms with E-state index in [0.29, 0.717) is 23.7 Å². The second kappa shape index (κ2) is 2.96. The first kappa shape index (κ1) is 9.17. The number of aliphatic hydroxyl groups is 1. The number of ether oxygens (including phenoxy) is 1. The topological polar surface area (TPSA) is 29.5 Å². The van der Waals surface area contributed by atoms with Crippen LogP contribution in [0.1, 0.15) is 32.6 Å². The van der Waals surface area contributed by atoms with Gasteiger partial charge in [0.05, 0.1) is 5.60 Å². The van der Waals surface area contributed by atoms with Crippen LogP contribution in [0.2, 0.25) is 0 Å². The molecule has 1 saturated heterocycles. The van der Waals surface area contributed by atoms with Crippen LogP contribution in [-0.2, 0) is 4.74 Å². The maximum atomic E-state index is 10.6. The molecule has 3 aliphatic rings. The van der Waals surface area contributed by atoms with Gasteiger partial charge in [0.2, 0.25) is 0 Å². The lowest BCUT2D eigenvalue weighted by molar-refractivity contribution is -0.0578. The number of fused-ring (bicyclic) bond motifs is 1. The molecule has 1 aliphatic heterocycles. The van der Waals surface area contributed by atoms with Crippen molar-refractivity contribution >= 4 is 0 Å². The van der Waals surface area contributed by atoms with Crippen molar-refractivity contribution in [3.63, 3.8) is 0 Å². The molecule has 1 N–H and O–H groups in total. The average Bonchev–Trinajstić information content (AvgIpc) is 2.63. The van der Waals surface area contributed by atoms with Crippen molar-refractivity contribution in [2.45, 2.75) is 38.2 Å². The summed E-state index contributed by atoms with van der Waals surface area (Å²) in [6, 6.07) is 0. The van der Waals surface area contributed by atoms with Gasteiger partial charge in [0.1, 0.15) is 0 Å². The molecule has 0 spiro atoms. The highest BCUT2D eigenvalue weighted by atomic mass is 16.5. The molecular formula is C12H20O2. The minimum Gasteiger partial charge on any atom is -0.389 e. The lowest BCUT2D eigenvalue weighted by Crippen LogP contribution is -2.38. The summed E-state index contributed by atoms with van der Waals surface area (Å²) < 4.78 is 5.45. The van der Waals surface area contributed by atoms with Crippen LogP contribution in [0.3, 0.4) is 0 Å². The Hall–Kier alpha value is -0.0800. The van der Waals surface area contributed by atoms with Crippen LogP contribution >= 0.6 is 0 Å². The third-order valence-electron chi connectivity index (χ3n) is 4.83. The molecule has 0 bridgehead atoms. The normalized spacial score (nSPS) is 57.0. The highest BCUT2D eigenvalue weighted by Crippen LogP contribution is 2.65. The van der Waals surface area contributed by atoms with Crippen LogP contribution in [-0.4, -0.2) is 23.9 Å². The molecule has 1 heterocycles. The first-order valence-corrected chi connectivity index (χ1v) is 6.04. The minimum absolute atomic E-state index is 0.276. The molecule has 4 unspecified atom stereocenters. The van der Waals surface area contributed by atoms with Gasteiger partial charge in [-0.3, -0.25) is 0 Å². The standard InChI is InChI=1S/C12H20O2/c1-8-7-14-6-5-9(8)12(13)10-3-2-4-11(10)12/h8-11,13H,2-7H2,1H3. The van der Waals surface area contributed by atoms with Crippen LogP contribution in [0, 0.1) is 23.7 Å². The van der Waals surface area contributed by atoms with Crippen LogP contribution in [0.15, 0.2) is 0 Å². The van der Waals surface area contributed by atoms with Crippen molar-refractivity contribution in [1.82, 2.24) is 0 Å². The second-order valence-electron chi connectivity index (χ2n) is 5.48. The van der Waals surface area contributed by atoms with Gasteiger partial charge in [0, 0.05) is 13.2 Å². The van der Waals surface area contributed by atoms with Gasteiger partial charge in [-0.1, -0.05) is 13.3 Å². The first-order chi connectivity index (χ1) is 6.74. The van der Waals surface area contributed by atoms with Crippen molar-refractivity contribution in [1.29, 1.82) is 0 Å². The quantitative estimate of drug-likeness (QED) is 0.693. The van der Waals surface area contributed by atoms with Crippen LogP contribution < -0.4 is 0 Å². The fourth-order valence-corrected chi connectivity index (χ4v) is 4.09. The molecule has 3 fully saturated rings. The van der Waals surface area contributed by atoms with Crippen LogP contribution in [0.4, 0.5) is 0 Å². The highest BCUT2D eigenvalue weighted by Gasteiger charge is 2.69. The van der Waals surface area contributed by atoms with Crippen molar-refractivity contribution < 1.29 is 9.84 Å². The smallest absolute Gasteiger partial charge is 0.0743 e. The molecule has 2 saturated carbocycles. The molecule has 2 aliphatic carbocycles.